The number of pyridine rings is 1. The van der Waals surface area contributed by atoms with E-state index in [9.17, 15) is 9.59 Å². The largest absolute Gasteiger partial charge is 0.494 e. The van der Waals surface area contributed by atoms with Crippen molar-refractivity contribution >= 4 is 23.1 Å². The highest BCUT2D eigenvalue weighted by Crippen LogP contribution is 2.26. The highest BCUT2D eigenvalue weighted by Gasteiger charge is 2.20. The lowest BCUT2D eigenvalue weighted by atomic mass is 9.99. The first-order chi connectivity index (χ1) is 12.1. The van der Waals surface area contributed by atoms with Crippen molar-refractivity contribution in [2.45, 2.75) is 25.8 Å². The first kappa shape index (κ1) is 17.3. The second-order valence-corrected chi connectivity index (χ2v) is 6.21. The quantitative estimate of drug-likeness (QED) is 0.862. The number of ether oxygens (including phenoxy) is 1. The molecule has 0 spiro atoms. The van der Waals surface area contributed by atoms with Crippen LogP contribution < -0.4 is 15.6 Å². The zero-order valence-corrected chi connectivity index (χ0v) is 14.6. The molecule has 1 aliphatic heterocycles. The molecule has 130 valence electrons. The molecule has 1 unspecified atom stereocenters. The number of benzene rings is 1. The van der Waals surface area contributed by atoms with Crippen LogP contribution in [0.1, 0.15) is 31.0 Å². The Morgan fingerprint density at radius 1 is 1.24 bits per heavy atom. The van der Waals surface area contributed by atoms with E-state index >= 15 is 0 Å². The summed E-state index contributed by atoms with van der Waals surface area (Å²) in [5.41, 5.74) is 2.07. The van der Waals surface area contributed by atoms with Crippen LogP contribution >= 0.6 is 11.6 Å². The van der Waals surface area contributed by atoms with Gasteiger partial charge in [-0.2, -0.15) is 0 Å². The van der Waals surface area contributed by atoms with Gasteiger partial charge in [0.15, 0.2) is 0 Å². The Morgan fingerprint density at radius 2 is 2.00 bits per heavy atom. The fraction of sp³-hybridized carbons (Fsp3) is 0.263. The fourth-order valence-corrected chi connectivity index (χ4v) is 2.93. The summed E-state index contributed by atoms with van der Waals surface area (Å²) in [4.78, 5) is 26.2. The third-order valence-electron chi connectivity index (χ3n) is 4.02. The Hall–Kier alpha value is -2.53. The molecule has 1 aromatic carbocycles. The van der Waals surface area contributed by atoms with Gasteiger partial charge in [-0.3, -0.25) is 9.59 Å². The zero-order chi connectivity index (χ0) is 17.8. The predicted molar refractivity (Wildman–Crippen MR) is 97.9 cm³/mol. The van der Waals surface area contributed by atoms with E-state index in [4.69, 9.17) is 16.3 Å². The van der Waals surface area contributed by atoms with Crippen LogP contribution in [-0.2, 0) is 4.79 Å². The van der Waals surface area contributed by atoms with Crippen LogP contribution in [0.2, 0.25) is 5.02 Å². The number of H-pyrrole nitrogens is 1. The second kappa shape index (κ2) is 7.57. The lowest BCUT2D eigenvalue weighted by Crippen LogP contribution is -2.23. The SMILES string of the molecule is CCOc1ccc(/C(=C\C2CCC(=O)N2)c2ccc(Cl)c(=O)[nH]2)cc1. The van der Waals surface area contributed by atoms with Gasteiger partial charge in [0.1, 0.15) is 10.8 Å². The van der Waals surface area contributed by atoms with Gasteiger partial charge < -0.3 is 15.0 Å². The monoisotopic (exact) mass is 358 g/mol. The first-order valence-electron chi connectivity index (χ1n) is 8.20. The van der Waals surface area contributed by atoms with Gasteiger partial charge in [0.05, 0.1) is 6.61 Å². The van der Waals surface area contributed by atoms with Crippen molar-refractivity contribution in [1.29, 1.82) is 0 Å². The normalized spacial score (nSPS) is 17.4. The third-order valence-corrected chi connectivity index (χ3v) is 4.32. The van der Waals surface area contributed by atoms with E-state index in [2.05, 4.69) is 10.3 Å². The summed E-state index contributed by atoms with van der Waals surface area (Å²) in [6.45, 7) is 2.53. The molecular formula is C19H19ClN2O3. The summed E-state index contributed by atoms with van der Waals surface area (Å²) >= 11 is 5.84. The number of aromatic nitrogens is 1. The predicted octanol–water partition coefficient (Wildman–Crippen LogP) is 3.14. The number of rotatable bonds is 5. The van der Waals surface area contributed by atoms with Crippen LogP contribution in [0, 0.1) is 0 Å². The average molecular weight is 359 g/mol. The molecule has 3 rings (SSSR count). The molecule has 6 heteroatoms. The van der Waals surface area contributed by atoms with E-state index in [1.807, 2.05) is 37.3 Å². The fourth-order valence-electron chi connectivity index (χ4n) is 2.82. The minimum absolute atomic E-state index is 0.0388. The summed E-state index contributed by atoms with van der Waals surface area (Å²) in [6, 6.07) is 10.9. The number of carbonyl (C=O) groups is 1. The van der Waals surface area contributed by atoms with Crippen LogP contribution in [0.3, 0.4) is 0 Å². The molecule has 1 aromatic heterocycles. The Labute approximate surface area is 150 Å². The Morgan fingerprint density at radius 3 is 2.60 bits per heavy atom. The summed E-state index contributed by atoms with van der Waals surface area (Å²) in [6.07, 6.45) is 3.21. The van der Waals surface area contributed by atoms with E-state index in [0.29, 0.717) is 18.7 Å². The minimum atomic E-state index is -0.341. The second-order valence-electron chi connectivity index (χ2n) is 5.80. The Kier molecular flexibility index (Phi) is 5.24. The number of nitrogens with one attached hydrogen (secondary N) is 2. The summed E-state index contributed by atoms with van der Waals surface area (Å²) in [5.74, 6) is 0.821. The summed E-state index contributed by atoms with van der Waals surface area (Å²) < 4.78 is 5.48. The number of amides is 1. The van der Waals surface area contributed by atoms with Gasteiger partial charge in [0, 0.05) is 23.7 Å². The van der Waals surface area contributed by atoms with Crippen molar-refractivity contribution in [3.63, 3.8) is 0 Å². The maximum Gasteiger partial charge on any atom is 0.267 e. The van der Waals surface area contributed by atoms with E-state index < -0.39 is 0 Å². The van der Waals surface area contributed by atoms with Gasteiger partial charge in [-0.1, -0.05) is 29.8 Å². The molecule has 2 heterocycles. The highest BCUT2D eigenvalue weighted by molar-refractivity contribution is 6.30. The lowest BCUT2D eigenvalue weighted by molar-refractivity contribution is -0.119. The molecule has 2 aromatic rings. The van der Waals surface area contributed by atoms with Crippen molar-refractivity contribution in [2.24, 2.45) is 0 Å². The van der Waals surface area contributed by atoms with Crippen LogP contribution in [0.4, 0.5) is 0 Å². The van der Waals surface area contributed by atoms with Crippen LogP contribution in [-0.4, -0.2) is 23.5 Å². The maximum absolute atomic E-state index is 11.9. The average Bonchev–Trinajstić information content (AvgIpc) is 3.02. The number of halogens is 1. The Bertz CT molecular complexity index is 856. The highest BCUT2D eigenvalue weighted by atomic mass is 35.5. The first-order valence-corrected chi connectivity index (χ1v) is 8.58. The van der Waals surface area contributed by atoms with Gasteiger partial charge in [0.2, 0.25) is 5.91 Å². The maximum atomic E-state index is 11.9. The lowest BCUT2D eigenvalue weighted by Gasteiger charge is -2.13. The van der Waals surface area contributed by atoms with Gasteiger partial charge in [-0.15, -0.1) is 0 Å². The molecule has 25 heavy (non-hydrogen) atoms. The van der Waals surface area contributed by atoms with Crippen molar-refractivity contribution in [1.82, 2.24) is 10.3 Å². The minimum Gasteiger partial charge on any atom is -0.494 e. The van der Waals surface area contributed by atoms with Crippen molar-refractivity contribution < 1.29 is 9.53 Å². The number of aromatic amines is 1. The third kappa shape index (κ3) is 4.12. The molecular weight excluding hydrogens is 340 g/mol. The van der Waals surface area contributed by atoms with E-state index in [1.54, 1.807) is 12.1 Å². The molecule has 1 saturated heterocycles. The van der Waals surface area contributed by atoms with Crippen LogP contribution in [0.5, 0.6) is 5.75 Å². The zero-order valence-electron chi connectivity index (χ0n) is 13.8. The number of hydrogen-bond donors (Lipinski definition) is 2. The van der Waals surface area contributed by atoms with Gasteiger partial charge in [-0.25, -0.2) is 0 Å². The molecule has 0 bridgehead atoms. The van der Waals surface area contributed by atoms with Crippen molar-refractivity contribution in [3.05, 3.63) is 69.1 Å². The van der Waals surface area contributed by atoms with Crippen molar-refractivity contribution in [3.8, 4) is 5.75 Å². The van der Waals surface area contributed by atoms with E-state index in [0.717, 1.165) is 23.3 Å². The molecule has 2 N–H and O–H groups in total. The van der Waals surface area contributed by atoms with Crippen LogP contribution in [0.25, 0.3) is 5.57 Å². The molecule has 1 atom stereocenters. The topological polar surface area (TPSA) is 71.2 Å². The van der Waals surface area contributed by atoms with Gasteiger partial charge in [0.25, 0.3) is 5.56 Å². The van der Waals surface area contributed by atoms with Gasteiger partial charge >= 0.3 is 0 Å². The molecule has 1 amide bonds. The molecule has 0 saturated carbocycles. The summed E-state index contributed by atoms with van der Waals surface area (Å²) in [5, 5.41) is 3.07. The standard InChI is InChI=1S/C19H19ClN2O3/c1-2-25-14-6-3-12(4-7-14)15(11-13-5-10-18(23)21-13)17-9-8-16(20)19(24)22-17/h3-4,6-9,11,13H,2,5,10H2,1H3,(H,21,23)(H,22,24)/b15-11+. The van der Waals surface area contributed by atoms with Crippen LogP contribution in [0.15, 0.2) is 47.3 Å². The van der Waals surface area contributed by atoms with Crippen molar-refractivity contribution in [2.75, 3.05) is 6.61 Å². The molecule has 0 radical (unpaired) electrons. The van der Waals surface area contributed by atoms with E-state index in [-0.39, 0.29) is 22.5 Å². The molecule has 1 aliphatic rings. The Balaban J connectivity index is 2.01. The summed E-state index contributed by atoms with van der Waals surface area (Å²) in [7, 11) is 0. The number of hydrogen-bond acceptors (Lipinski definition) is 3. The van der Waals surface area contributed by atoms with E-state index in [1.165, 1.54) is 0 Å². The molecule has 5 nitrogen and oxygen atoms in total. The smallest absolute Gasteiger partial charge is 0.267 e. The number of carbonyl (C=O) groups excluding carboxylic acids is 1. The van der Waals surface area contributed by atoms with Gasteiger partial charge in [-0.05, 0) is 43.2 Å². The molecule has 0 aliphatic carbocycles. The molecule has 1 fully saturated rings.